The maximum absolute atomic E-state index is 11.8. The summed E-state index contributed by atoms with van der Waals surface area (Å²) in [7, 11) is 0. The largest absolute Gasteiger partial charge is 0.492 e. The minimum Gasteiger partial charge on any atom is -0.492 e. The Morgan fingerprint density at radius 1 is 1.08 bits per heavy atom. The molecule has 0 bridgehead atoms. The lowest BCUT2D eigenvalue weighted by atomic mass is 10.3. The molecule has 0 saturated heterocycles. The molecule has 0 aliphatic rings. The summed E-state index contributed by atoms with van der Waals surface area (Å²) in [6, 6.07) is 9.91. The topological polar surface area (TPSA) is 50.4 Å². The predicted octanol–water partition coefficient (Wildman–Crippen LogP) is 6.00. The zero-order valence-electron chi connectivity index (χ0n) is 12.4. The van der Waals surface area contributed by atoms with Gasteiger partial charge in [0, 0.05) is 16.0 Å². The van der Waals surface area contributed by atoms with Crippen molar-refractivity contribution in [2.45, 2.75) is 6.42 Å². The van der Waals surface area contributed by atoms with Gasteiger partial charge in [0.05, 0.1) is 22.3 Å². The van der Waals surface area contributed by atoms with Crippen molar-refractivity contribution in [1.82, 2.24) is 5.32 Å². The smallest absolute Gasteiger partial charge is 0.319 e. The Balaban J connectivity index is 1.69. The van der Waals surface area contributed by atoms with Crippen LogP contribution >= 0.6 is 50.7 Å². The number of benzene rings is 2. The van der Waals surface area contributed by atoms with Gasteiger partial charge in [0.25, 0.3) is 0 Å². The molecule has 2 rings (SSSR count). The first-order valence-electron chi connectivity index (χ1n) is 7.03. The molecular weight excluding hydrogens is 438 g/mol. The number of carbonyl (C=O) groups is 1. The van der Waals surface area contributed by atoms with Crippen molar-refractivity contribution in [3.05, 3.63) is 55.9 Å². The highest BCUT2D eigenvalue weighted by Gasteiger charge is 2.06. The average molecular weight is 453 g/mol. The molecule has 0 heterocycles. The molecule has 0 saturated carbocycles. The van der Waals surface area contributed by atoms with Crippen LogP contribution in [0.15, 0.2) is 40.9 Å². The summed E-state index contributed by atoms with van der Waals surface area (Å²) in [4.78, 5) is 11.8. The van der Waals surface area contributed by atoms with Crippen LogP contribution in [0.3, 0.4) is 0 Å². The number of amides is 2. The molecule has 0 atom stereocenters. The van der Waals surface area contributed by atoms with E-state index in [1.54, 1.807) is 30.3 Å². The highest BCUT2D eigenvalue weighted by molar-refractivity contribution is 9.10. The van der Waals surface area contributed by atoms with E-state index in [9.17, 15) is 4.79 Å². The highest BCUT2D eigenvalue weighted by Crippen LogP contribution is 2.27. The lowest BCUT2D eigenvalue weighted by molar-refractivity contribution is 0.250. The van der Waals surface area contributed by atoms with Crippen LogP contribution in [0.4, 0.5) is 10.5 Å². The highest BCUT2D eigenvalue weighted by atomic mass is 79.9. The molecule has 0 spiro atoms. The normalized spacial score (nSPS) is 10.3. The molecule has 2 aromatic carbocycles. The molecule has 4 nitrogen and oxygen atoms in total. The molecule has 0 aromatic heterocycles. The summed E-state index contributed by atoms with van der Waals surface area (Å²) in [6.07, 6.45) is 0.633. The Hall–Kier alpha value is -1.14. The summed E-state index contributed by atoms with van der Waals surface area (Å²) >= 11 is 21.2. The van der Waals surface area contributed by atoms with E-state index in [1.165, 1.54) is 0 Å². The number of urea groups is 1. The Morgan fingerprint density at radius 3 is 2.58 bits per heavy atom. The molecule has 8 heteroatoms. The quantitative estimate of drug-likeness (QED) is 0.528. The molecule has 128 valence electrons. The van der Waals surface area contributed by atoms with E-state index in [2.05, 4.69) is 26.6 Å². The summed E-state index contributed by atoms with van der Waals surface area (Å²) in [6.45, 7) is 0.883. The lowest BCUT2D eigenvalue weighted by Gasteiger charge is -2.10. The summed E-state index contributed by atoms with van der Waals surface area (Å²) in [5, 5.41) is 6.80. The second kappa shape index (κ2) is 9.37. The average Bonchev–Trinajstić information content (AvgIpc) is 2.51. The molecule has 0 unspecified atom stereocenters. The van der Waals surface area contributed by atoms with E-state index in [0.29, 0.717) is 46.1 Å². The monoisotopic (exact) mass is 450 g/mol. The van der Waals surface area contributed by atoms with Gasteiger partial charge in [-0.25, -0.2) is 4.79 Å². The van der Waals surface area contributed by atoms with Gasteiger partial charge in [0.15, 0.2) is 0 Å². The van der Waals surface area contributed by atoms with Crippen LogP contribution in [0, 0.1) is 0 Å². The first-order chi connectivity index (χ1) is 11.5. The van der Waals surface area contributed by atoms with Gasteiger partial charge in [0.1, 0.15) is 5.75 Å². The molecule has 0 aliphatic heterocycles. The summed E-state index contributed by atoms with van der Waals surface area (Å²) in [5.74, 6) is 0.609. The van der Waals surface area contributed by atoms with Gasteiger partial charge in [-0.05, 0) is 42.8 Å². The van der Waals surface area contributed by atoms with Crippen LogP contribution in [0.5, 0.6) is 5.75 Å². The minimum atomic E-state index is -0.346. The molecule has 2 aromatic rings. The van der Waals surface area contributed by atoms with Crippen molar-refractivity contribution in [2.75, 3.05) is 18.5 Å². The Labute approximate surface area is 163 Å². The molecular formula is C16H14BrCl3N2O2. The standard InChI is InChI=1S/C16H14BrCl3N2O2/c17-10-2-5-15(13(20)8-10)24-7-1-6-21-16(23)22-14-4-3-11(18)9-12(14)19/h2-5,8-9H,1,6-7H2,(H2,21,22,23). The van der Waals surface area contributed by atoms with E-state index in [0.717, 1.165) is 4.47 Å². The Bertz CT molecular complexity index is 728. The van der Waals surface area contributed by atoms with Gasteiger partial charge < -0.3 is 15.4 Å². The van der Waals surface area contributed by atoms with Crippen LogP contribution in [-0.2, 0) is 0 Å². The van der Waals surface area contributed by atoms with Crippen LogP contribution in [-0.4, -0.2) is 19.2 Å². The third-order valence-corrected chi connectivity index (χ3v) is 4.27. The van der Waals surface area contributed by atoms with Gasteiger partial charge in [-0.15, -0.1) is 0 Å². The molecule has 24 heavy (non-hydrogen) atoms. The molecule has 2 amide bonds. The summed E-state index contributed by atoms with van der Waals surface area (Å²) < 4.78 is 6.45. The second-order valence-electron chi connectivity index (χ2n) is 4.78. The van der Waals surface area contributed by atoms with Crippen molar-refractivity contribution in [3.63, 3.8) is 0 Å². The number of nitrogens with one attached hydrogen (secondary N) is 2. The minimum absolute atomic E-state index is 0.346. The van der Waals surface area contributed by atoms with E-state index in [4.69, 9.17) is 39.5 Å². The van der Waals surface area contributed by atoms with Gasteiger partial charge in [-0.3, -0.25) is 0 Å². The number of ether oxygens (including phenoxy) is 1. The number of halogens is 4. The van der Waals surface area contributed by atoms with Crippen molar-refractivity contribution in [1.29, 1.82) is 0 Å². The SMILES string of the molecule is O=C(NCCCOc1ccc(Br)cc1Cl)Nc1ccc(Cl)cc1Cl. The maximum Gasteiger partial charge on any atom is 0.319 e. The first-order valence-corrected chi connectivity index (χ1v) is 8.96. The molecule has 0 radical (unpaired) electrons. The van der Waals surface area contributed by atoms with Crippen LogP contribution in [0.1, 0.15) is 6.42 Å². The van der Waals surface area contributed by atoms with Crippen molar-refractivity contribution in [2.24, 2.45) is 0 Å². The Kier molecular flexibility index (Phi) is 7.49. The fraction of sp³-hybridized carbons (Fsp3) is 0.188. The number of hydrogen-bond donors (Lipinski definition) is 2. The number of carbonyl (C=O) groups excluding carboxylic acids is 1. The van der Waals surface area contributed by atoms with E-state index < -0.39 is 0 Å². The third kappa shape index (κ3) is 6.06. The lowest BCUT2D eigenvalue weighted by Crippen LogP contribution is -2.30. The van der Waals surface area contributed by atoms with Gasteiger partial charge in [0.2, 0.25) is 0 Å². The fourth-order valence-electron chi connectivity index (χ4n) is 1.81. The van der Waals surface area contributed by atoms with Crippen LogP contribution in [0.2, 0.25) is 15.1 Å². The van der Waals surface area contributed by atoms with E-state index >= 15 is 0 Å². The first kappa shape index (κ1) is 19.2. The van der Waals surface area contributed by atoms with Crippen LogP contribution in [0.25, 0.3) is 0 Å². The number of hydrogen-bond acceptors (Lipinski definition) is 2. The van der Waals surface area contributed by atoms with Crippen LogP contribution < -0.4 is 15.4 Å². The fourth-order valence-corrected chi connectivity index (χ4v) is 2.99. The zero-order valence-corrected chi connectivity index (χ0v) is 16.3. The van der Waals surface area contributed by atoms with E-state index in [1.807, 2.05) is 6.07 Å². The predicted molar refractivity (Wildman–Crippen MR) is 103 cm³/mol. The maximum atomic E-state index is 11.8. The van der Waals surface area contributed by atoms with Gasteiger partial charge >= 0.3 is 6.03 Å². The van der Waals surface area contributed by atoms with Crippen molar-refractivity contribution < 1.29 is 9.53 Å². The van der Waals surface area contributed by atoms with Gasteiger partial charge in [-0.2, -0.15) is 0 Å². The zero-order chi connectivity index (χ0) is 17.5. The second-order valence-corrected chi connectivity index (χ2v) is 6.95. The van der Waals surface area contributed by atoms with E-state index in [-0.39, 0.29) is 6.03 Å². The Morgan fingerprint density at radius 2 is 1.88 bits per heavy atom. The van der Waals surface area contributed by atoms with Crippen molar-refractivity contribution >= 4 is 62.5 Å². The third-order valence-electron chi connectivity index (χ3n) is 2.94. The van der Waals surface area contributed by atoms with Gasteiger partial charge in [-0.1, -0.05) is 50.7 Å². The molecule has 0 aliphatic carbocycles. The summed E-state index contributed by atoms with van der Waals surface area (Å²) in [5.41, 5.74) is 0.497. The molecule has 2 N–H and O–H groups in total. The number of anilines is 1. The van der Waals surface area contributed by atoms with Crippen molar-refractivity contribution in [3.8, 4) is 5.75 Å². The number of rotatable bonds is 6. The molecule has 0 fully saturated rings.